The van der Waals surface area contributed by atoms with Crippen LogP contribution in [0.25, 0.3) is 0 Å². The fourth-order valence-corrected chi connectivity index (χ4v) is 2.81. The normalized spacial score (nSPS) is 18.9. The molecule has 0 bridgehead atoms. The quantitative estimate of drug-likeness (QED) is 0.630. The van der Waals surface area contributed by atoms with E-state index in [4.69, 9.17) is 18.6 Å². The van der Waals surface area contributed by atoms with Crippen LogP contribution in [0.1, 0.15) is 12.2 Å². The van der Waals surface area contributed by atoms with Gasteiger partial charge in [0, 0.05) is 19.0 Å². The maximum Gasteiger partial charge on any atom is 0.316 e. The number of hydrogen-bond donors (Lipinski definition) is 0. The average molecular weight is 329 g/mol. The minimum atomic E-state index is -0.488. The van der Waals surface area contributed by atoms with Crippen LogP contribution in [0, 0.1) is 5.92 Å². The van der Waals surface area contributed by atoms with Gasteiger partial charge >= 0.3 is 5.97 Å². The lowest BCUT2D eigenvalue weighted by atomic mass is 10.1. The third-order valence-electron chi connectivity index (χ3n) is 4.04. The summed E-state index contributed by atoms with van der Waals surface area (Å²) in [4.78, 5) is 26.0. The van der Waals surface area contributed by atoms with Crippen molar-refractivity contribution in [3.05, 3.63) is 42.4 Å². The van der Waals surface area contributed by atoms with Crippen LogP contribution in [-0.4, -0.2) is 30.1 Å². The Kier molecular flexibility index (Phi) is 3.60. The van der Waals surface area contributed by atoms with Crippen LogP contribution in [0.3, 0.4) is 0 Å². The van der Waals surface area contributed by atoms with E-state index in [9.17, 15) is 9.59 Å². The molecule has 1 amide bonds. The molecule has 4 rings (SSSR count). The predicted molar refractivity (Wildman–Crippen MR) is 80.4 cm³/mol. The topological polar surface area (TPSA) is 78.2 Å². The zero-order chi connectivity index (χ0) is 16.5. The van der Waals surface area contributed by atoms with Gasteiger partial charge in [0.25, 0.3) is 0 Å². The summed E-state index contributed by atoms with van der Waals surface area (Å²) in [5, 5.41) is 0. The van der Waals surface area contributed by atoms with E-state index in [1.165, 1.54) is 0 Å². The molecule has 7 nitrogen and oxygen atoms in total. The zero-order valence-electron chi connectivity index (χ0n) is 12.8. The van der Waals surface area contributed by atoms with Gasteiger partial charge in [-0.2, -0.15) is 0 Å². The summed E-state index contributed by atoms with van der Waals surface area (Å²) in [6.07, 6.45) is 1.70. The fourth-order valence-electron chi connectivity index (χ4n) is 2.81. The van der Waals surface area contributed by atoms with Crippen molar-refractivity contribution in [2.24, 2.45) is 5.92 Å². The molecule has 124 valence electrons. The Morgan fingerprint density at radius 2 is 2.12 bits per heavy atom. The molecule has 0 spiro atoms. The van der Waals surface area contributed by atoms with Gasteiger partial charge in [0.05, 0.1) is 18.7 Å². The van der Waals surface area contributed by atoms with Crippen molar-refractivity contribution in [1.29, 1.82) is 0 Å². The highest BCUT2D eigenvalue weighted by Crippen LogP contribution is 2.35. The minimum Gasteiger partial charge on any atom is -0.467 e. The van der Waals surface area contributed by atoms with Gasteiger partial charge < -0.3 is 23.5 Å². The Morgan fingerprint density at radius 3 is 2.96 bits per heavy atom. The Balaban J connectivity index is 1.39. The maximum atomic E-state index is 12.3. The first-order valence-electron chi connectivity index (χ1n) is 7.60. The van der Waals surface area contributed by atoms with Gasteiger partial charge in [-0.15, -0.1) is 0 Å². The van der Waals surface area contributed by atoms with Crippen LogP contribution in [0.5, 0.6) is 17.2 Å². The molecular weight excluding hydrogens is 314 g/mol. The number of furan rings is 1. The van der Waals surface area contributed by atoms with Crippen LogP contribution in [0.15, 0.2) is 41.0 Å². The van der Waals surface area contributed by atoms with Crippen LogP contribution in [-0.2, 0) is 16.1 Å². The number of ether oxygens (including phenoxy) is 3. The van der Waals surface area contributed by atoms with E-state index in [1.807, 2.05) is 0 Å². The SMILES string of the molecule is O=C(Oc1ccc2c(c1)OCO2)[C@H]1CC(=O)N(Cc2ccco2)C1. The van der Waals surface area contributed by atoms with Crippen molar-refractivity contribution in [2.75, 3.05) is 13.3 Å². The molecule has 0 unspecified atom stereocenters. The number of likely N-dealkylation sites (tertiary alicyclic amines) is 1. The lowest BCUT2D eigenvalue weighted by molar-refractivity contribution is -0.139. The Bertz CT molecular complexity index is 769. The molecule has 1 atom stereocenters. The van der Waals surface area contributed by atoms with Crippen LogP contribution >= 0.6 is 0 Å². The maximum absolute atomic E-state index is 12.3. The number of fused-ring (bicyclic) bond motifs is 1. The summed E-state index contributed by atoms with van der Waals surface area (Å²) in [6.45, 7) is 0.841. The summed E-state index contributed by atoms with van der Waals surface area (Å²) < 4.78 is 21.1. The summed E-state index contributed by atoms with van der Waals surface area (Å²) in [7, 11) is 0. The van der Waals surface area contributed by atoms with Gasteiger partial charge in [0.15, 0.2) is 11.5 Å². The lowest BCUT2D eigenvalue weighted by Crippen LogP contribution is -2.27. The van der Waals surface area contributed by atoms with Crippen molar-refractivity contribution >= 4 is 11.9 Å². The molecule has 3 heterocycles. The minimum absolute atomic E-state index is 0.0842. The van der Waals surface area contributed by atoms with E-state index in [2.05, 4.69) is 0 Å². The van der Waals surface area contributed by atoms with E-state index in [0.29, 0.717) is 36.1 Å². The summed E-state index contributed by atoms with van der Waals surface area (Å²) >= 11 is 0. The molecular formula is C17H15NO6. The highest BCUT2D eigenvalue weighted by Gasteiger charge is 2.36. The molecule has 1 aromatic carbocycles. The van der Waals surface area contributed by atoms with E-state index in [-0.39, 0.29) is 19.1 Å². The highest BCUT2D eigenvalue weighted by atomic mass is 16.7. The first kappa shape index (κ1) is 14.6. The average Bonchev–Trinajstić information content (AvgIpc) is 3.29. The van der Waals surface area contributed by atoms with Gasteiger partial charge in [-0.1, -0.05) is 0 Å². The second-order valence-electron chi connectivity index (χ2n) is 5.69. The molecule has 2 aliphatic rings. The molecule has 0 N–H and O–H groups in total. The number of esters is 1. The smallest absolute Gasteiger partial charge is 0.316 e. The molecule has 0 saturated carbocycles. The highest BCUT2D eigenvalue weighted by molar-refractivity contribution is 5.87. The second kappa shape index (κ2) is 5.92. The monoisotopic (exact) mass is 329 g/mol. The zero-order valence-corrected chi connectivity index (χ0v) is 12.8. The summed E-state index contributed by atoms with van der Waals surface area (Å²) in [6, 6.07) is 8.50. The van der Waals surface area contributed by atoms with Crippen molar-refractivity contribution in [1.82, 2.24) is 4.90 Å². The number of hydrogen-bond acceptors (Lipinski definition) is 6. The van der Waals surface area contributed by atoms with Gasteiger partial charge in [0.1, 0.15) is 11.5 Å². The van der Waals surface area contributed by atoms with Crippen molar-refractivity contribution < 1.29 is 28.2 Å². The molecule has 2 aromatic rings. The number of nitrogens with zero attached hydrogens (tertiary/aromatic N) is 1. The molecule has 0 radical (unpaired) electrons. The molecule has 1 fully saturated rings. The first-order chi connectivity index (χ1) is 11.7. The largest absolute Gasteiger partial charge is 0.467 e. The Hall–Kier alpha value is -2.96. The Labute approximate surface area is 137 Å². The number of carbonyl (C=O) groups is 2. The first-order valence-corrected chi connectivity index (χ1v) is 7.60. The van der Waals surface area contributed by atoms with Crippen LogP contribution in [0.4, 0.5) is 0 Å². The predicted octanol–water partition coefficient (Wildman–Crippen LogP) is 1.96. The van der Waals surface area contributed by atoms with E-state index >= 15 is 0 Å². The second-order valence-corrected chi connectivity index (χ2v) is 5.69. The molecule has 2 aliphatic heterocycles. The summed E-state index contributed by atoms with van der Waals surface area (Å²) in [5.41, 5.74) is 0. The molecule has 1 aromatic heterocycles. The number of amides is 1. The molecule has 1 saturated heterocycles. The van der Waals surface area contributed by atoms with E-state index in [1.54, 1.807) is 41.5 Å². The molecule has 24 heavy (non-hydrogen) atoms. The molecule has 7 heteroatoms. The van der Waals surface area contributed by atoms with Gasteiger partial charge in [-0.25, -0.2) is 0 Å². The van der Waals surface area contributed by atoms with E-state index < -0.39 is 11.9 Å². The van der Waals surface area contributed by atoms with Crippen LogP contribution < -0.4 is 14.2 Å². The molecule has 0 aliphatic carbocycles. The van der Waals surface area contributed by atoms with Gasteiger partial charge in [-0.05, 0) is 24.3 Å². The number of carbonyl (C=O) groups excluding carboxylic acids is 2. The third-order valence-corrected chi connectivity index (χ3v) is 4.04. The van der Waals surface area contributed by atoms with Crippen molar-refractivity contribution in [2.45, 2.75) is 13.0 Å². The number of benzene rings is 1. The summed E-state index contributed by atoms with van der Waals surface area (Å²) in [5.74, 6) is 1.23. The van der Waals surface area contributed by atoms with Gasteiger partial charge in [0.2, 0.25) is 12.7 Å². The number of rotatable bonds is 4. The van der Waals surface area contributed by atoms with Crippen molar-refractivity contribution in [3.8, 4) is 17.2 Å². The Morgan fingerprint density at radius 1 is 1.25 bits per heavy atom. The van der Waals surface area contributed by atoms with Gasteiger partial charge in [-0.3, -0.25) is 9.59 Å². The fraction of sp³-hybridized carbons (Fsp3) is 0.294. The third kappa shape index (κ3) is 2.80. The van der Waals surface area contributed by atoms with E-state index in [0.717, 1.165) is 0 Å². The van der Waals surface area contributed by atoms with Crippen molar-refractivity contribution in [3.63, 3.8) is 0 Å². The standard InChI is InChI=1S/C17H15NO6/c19-16-6-11(8-18(16)9-13-2-1-5-21-13)17(20)24-12-3-4-14-15(7-12)23-10-22-14/h1-5,7,11H,6,8-10H2/t11-/m0/s1. The van der Waals surface area contributed by atoms with Crippen LogP contribution in [0.2, 0.25) is 0 Å². The lowest BCUT2D eigenvalue weighted by Gasteiger charge is -2.14.